The standard InChI is InChI=1S/C6H13NO5/c1-8-6(9-2)11-5-4-7(10-3)12-6/h4-5H2,1-3H3. The molecule has 1 heterocycles. The topological polar surface area (TPSA) is 49.4 Å². The lowest BCUT2D eigenvalue weighted by atomic mass is 10.7. The monoisotopic (exact) mass is 179 g/mol. The van der Waals surface area contributed by atoms with Crippen LogP contribution in [0.2, 0.25) is 0 Å². The zero-order chi connectivity index (χ0) is 9.03. The van der Waals surface area contributed by atoms with Crippen molar-refractivity contribution in [1.29, 1.82) is 0 Å². The summed E-state index contributed by atoms with van der Waals surface area (Å²) < 4.78 is 14.9. The van der Waals surface area contributed by atoms with Gasteiger partial charge in [-0.05, 0) is 0 Å². The highest BCUT2D eigenvalue weighted by molar-refractivity contribution is 4.45. The molecule has 0 atom stereocenters. The van der Waals surface area contributed by atoms with E-state index in [2.05, 4.69) is 0 Å². The van der Waals surface area contributed by atoms with E-state index in [0.29, 0.717) is 13.2 Å². The summed E-state index contributed by atoms with van der Waals surface area (Å²) in [4.78, 5) is 9.89. The third-order valence-corrected chi connectivity index (χ3v) is 1.47. The fraction of sp³-hybridized carbons (Fsp3) is 1.00. The Kier molecular flexibility index (Phi) is 3.39. The smallest absolute Gasteiger partial charge is 0.305 e. The number of rotatable bonds is 3. The van der Waals surface area contributed by atoms with Crippen LogP contribution in [0.15, 0.2) is 0 Å². The Labute approximate surface area is 70.8 Å². The number of hydroxylamine groups is 2. The van der Waals surface area contributed by atoms with E-state index in [4.69, 9.17) is 23.9 Å². The first-order valence-corrected chi connectivity index (χ1v) is 3.51. The van der Waals surface area contributed by atoms with Gasteiger partial charge in [0.15, 0.2) is 0 Å². The van der Waals surface area contributed by atoms with Crippen LogP contribution in [-0.2, 0) is 23.9 Å². The van der Waals surface area contributed by atoms with Gasteiger partial charge in [0, 0.05) is 14.2 Å². The Bertz CT molecular complexity index is 138. The summed E-state index contributed by atoms with van der Waals surface area (Å²) in [5.74, 6) is 0. The van der Waals surface area contributed by atoms with E-state index in [-0.39, 0.29) is 0 Å². The second-order valence-electron chi connectivity index (χ2n) is 2.09. The summed E-state index contributed by atoms with van der Waals surface area (Å²) in [6, 6.07) is 0. The molecule has 0 aromatic heterocycles. The summed E-state index contributed by atoms with van der Waals surface area (Å²) in [6.07, 6.45) is -1.46. The third-order valence-electron chi connectivity index (χ3n) is 1.47. The molecule has 0 bridgehead atoms. The normalized spacial score (nSPS) is 24.2. The predicted octanol–water partition coefficient (Wildman–Crippen LogP) is -0.284. The van der Waals surface area contributed by atoms with E-state index in [1.807, 2.05) is 0 Å². The van der Waals surface area contributed by atoms with Crippen molar-refractivity contribution in [2.75, 3.05) is 34.5 Å². The molecule has 0 saturated carbocycles. The van der Waals surface area contributed by atoms with E-state index in [1.165, 1.54) is 26.6 Å². The maximum Gasteiger partial charge on any atom is 0.430 e. The Hall–Kier alpha value is -0.240. The molecule has 1 aliphatic rings. The molecular weight excluding hydrogens is 166 g/mol. The summed E-state index contributed by atoms with van der Waals surface area (Å²) in [5, 5.41) is 1.23. The van der Waals surface area contributed by atoms with Crippen LogP contribution in [0.1, 0.15) is 0 Å². The van der Waals surface area contributed by atoms with Gasteiger partial charge in [0.05, 0.1) is 20.3 Å². The molecule has 1 rings (SSSR count). The number of nitrogens with zero attached hydrogens (tertiary/aromatic N) is 1. The van der Waals surface area contributed by atoms with Crippen LogP contribution in [0.4, 0.5) is 0 Å². The lowest BCUT2D eigenvalue weighted by molar-refractivity contribution is -0.599. The van der Waals surface area contributed by atoms with Crippen LogP contribution >= 0.6 is 0 Å². The van der Waals surface area contributed by atoms with Gasteiger partial charge in [-0.25, -0.2) is 0 Å². The lowest BCUT2D eigenvalue weighted by Crippen LogP contribution is -2.51. The predicted molar refractivity (Wildman–Crippen MR) is 37.5 cm³/mol. The second-order valence-corrected chi connectivity index (χ2v) is 2.09. The minimum Gasteiger partial charge on any atom is -0.305 e. The van der Waals surface area contributed by atoms with Gasteiger partial charge in [-0.3, -0.25) is 4.84 Å². The molecule has 0 amide bonds. The molecule has 72 valence electrons. The maximum atomic E-state index is 5.11. The van der Waals surface area contributed by atoms with Crippen LogP contribution in [0, 0.1) is 0 Å². The second kappa shape index (κ2) is 4.13. The molecule has 1 aliphatic heterocycles. The maximum absolute atomic E-state index is 5.11. The molecule has 0 aromatic rings. The summed E-state index contributed by atoms with van der Waals surface area (Å²) in [7, 11) is 4.33. The van der Waals surface area contributed by atoms with Gasteiger partial charge in [-0.2, -0.15) is 4.84 Å². The summed E-state index contributed by atoms with van der Waals surface area (Å²) in [6.45, 7) is 0.917. The fourth-order valence-corrected chi connectivity index (χ4v) is 0.846. The average molecular weight is 179 g/mol. The molecule has 6 nitrogen and oxygen atoms in total. The first kappa shape index (κ1) is 9.85. The first-order valence-electron chi connectivity index (χ1n) is 3.51. The van der Waals surface area contributed by atoms with Crippen LogP contribution in [-0.4, -0.2) is 45.9 Å². The molecule has 0 spiro atoms. The Morgan fingerprint density at radius 3 is 2.42 bits per heavy atom. The largest absolute Gasteiger partial charge is 0.430 e. The molecule has 1 saturated heterocycles. The molecule has 0 unspecified atom stereocenters. The van der Waals surface area contributed by atoms with Gasteiger partial charge in [0.1, 0.15) is 0 Å². The van der Waals surface area contributed by atoms with Gasteiger partial charge in [0.25, 0.3) is 0 Å². The number of ether oxygens (including phenoxy) is 3. The van der Waals surface area contributed by atoms with E-state index in [9.17, 15) is 0 Å². The Balaban J connectivity index is 2.52. The number of hydrogen-bond donors (Lipinski definition) is 0. The lowest BCUT2D eigenvalue weighted by Gasteiger charge is -2.36. The van der Waals surface area contributed by atoms with Crippen molar-refractivity contribution in [3.05, 3.63) is 0 Å². The van der Waals surface area contributed by atoms with Crippen LogP contribution in [0.5, 0.6) is 0 Å². The average Bonchev–Trinajstić information content (AvgIpc) is 2.18. The number of hydrogen-bond acceptors (Lipinski definition) is 6. The van der Waals surface area contributed by atoms with Gasteiger partial charge < -0.3 is 14.2 Å². The van der Waals surface area contributed by atoms with Crippen LogP contribution < -0.4 is 0 Å². The van der Waals surface area contributed by atoms with Gasteiger partial charge in [-0.1, -0.05) is 5.23 Å². The molecule has 1 fully saturated rings. The van der Waals surface area contributed by atoms with Crippen molar-refractivity contribution in [1.82, 2.24) is 5.23 Å². The SMILES string of the molecule is CON1CCOC(OC)(OC)O1. The summed E-state index contributed by atoms with van der Waals surface area (Å²) in [5.41, 5.74) is 0. The van der Waals surface area contributed by atoms with Crippen molar-refractivity contribution in [2.24, 2.45) is 0 Å². The fourth-order valence-electron chi connectivity index (χ4n) is 0.846. The molecular formula is C6H13NO5. The van der Waals surface area contributed by atoms with Crippen LogP contribution in [0.25, 0.3) is 0 Å². The van der Waals surface area contributed by atoms with E-state index in [0.717, 1.165) is 0 Å². The highest BCUT2D eigenvalue weighted by atomic mass is 17.1. The van der Waals surface area contributed by atoms with E-state index < -0.39 is 6.16 Å². The Morgan fingerprint density at radius 2 is 1.92 bits per heavy atom. The quantitative estimate of drug-likeness (QED) is 0.555. The van der Waals surface area contributed by atoms with Crippen molar-refractivity contribution in [2.45, 2.75) is 6.16 Å². The van der Waals surface area contributed by atoms with Crippen molar-refractivity contribution >= 4 is 0 Å². The van der Waals surface area contributed by atoms with Gasteiger partial charge in [-0.15, -0.1) is 0 Å². The molecule has 12 heavy (non-hydrogen) atoms. The zero-order valence-corrected chi connectivity index (χ0v) is 7.40. The first-order chi connectivity index (χ1) is 5.76. The molecule has 0 aromatic carbocycles. The minimum atomic E-state index is -1.46. The molecule has 0 aliphatic carbocycles. The highest BCUT2D eigenvalue weighted by Crippen LogP contribution is 2.20. The zero-order valence-electron chi connectivity index (χ0n) is 7.40. The van der Waals surface area contributed by atoms with E-state index in [1.54, 1.807) is 0 Å². The van der Waals surface area contributed by atoms with Crippen molar-refractivity contribution in [3.8, 4) is 0 Å². The van der Waals surface area contributed by atoms with Crippen LogP contribution in [0.3, 0.4) is 0 Å². The summed E-state index contributed by atoms with van der Waals surface area (Å²) >= 11 is 0. The van der Waals surface area contributed by atoms with Crippen molar-refractivity contribution < 1.29 is 23.9 Å². The van der Waals surface area contributed by atoms with Gasteiger partial charge >= 0.3 is 6.16 Å². The van der Waals surface area contributed by atoms with E-state index >= 15 is 0 Å². The molecule has 6 heteroatoms. The minimum absolute atomic E-state index is 0.412. The van der Waals surface area contributed by atoms with Crippen molar-refractivity contribution in [3.63, 3.8) is 0 Å². The third kappa shape index (κ3) is 1.92. The van der Waals surface area contributed by atoms with Gasteiger partial charge in [0.2, 0.25) is 0 Å². The molecule has 0 N–H and O–H groups in total. The molecule has 0 radical (unpaired) electrons. The number of methoxy groups -OCH3 is 2. The Morgan fingerprint density at radius 1 is 1.25 bits per heavy atom. The highest BCUT2D eigenvalue weighted by Gasteiger charge is 2.40.